The molecule has 1 aromatic heterocycles. The van der Waals surface area contributed by atoms with E-state index >= 15 is 0 Å². The lowest BCUT2D eigenvalue weighted by Gasteiger charge is -2.08. The Bertz CT molecular complexity index is 836. The molecule has 0 unspecified atom stereocenters. The standard InChI is InChI=1S/C19H19NO4/c1-13-16-5-3-4-6-17(16)24-18(13)19(21)20-11-12-23-15-9-7-14(22-2)8-10-15/h3-10H,11-12H2,1-2H3,(H,20,21). The number of furan rings is 1. The van der Waals surface area contributed by atoms with E-state index in [1.54, 1.807) is 7.11 Å². The quantitative estimate of drug-likeness (QED) is 0.704. The van der Waals surface area contributed by atoms with Crippen LogP contribution in [0.2, 0.25) is 0 Å². The highest BCUT2D eigenvalue weighted by Crippen LogP contribution is 2.24. The maximum atomic E-state index is 12.3. The van der Waals surface area contributed by atoms with Gasteiger partial charge in [0.15, 0.2) is 5.76 Å². The predicted octanol–water partition coefficient (Wildman–Crippen LogP) is 3.56. The second-order valence-electron chi connectivity index (χ2n) is 5.33. The van der Waals surface area contributed by atoms with E-state index in [9.17, 15) is 4.79 Å². The Labute approximate surface area is 140 Å². The Morgan fingerprint density at radius 2 is 1.79 bits per heavy atom. The van der Waals surface area contributed by atoms with E-state index in [1.807, 2.05) is 55.5 Å². The average molecular weight is 325 g/mol. The lowest BCUT2D eigenvalue weighted by molar-refractivity contribution is 0.0920. The van der Waals surface area contributed by atoms with Gasteiger partial charge in [-0.2, -0.15) is 0 Å². The van der Waals surface area contributed by atoms with Gasteiger partial charge in [0.2, 0.25) is 0 Å². The summed E-state index contributed by atoms with van der Waals surface area (Å²) in [6.45, 7) is 2.65. The van der Waals surface area contributed by atoms with Crippen molar-refractivity contribution < 1.29 is 18.7 Å². The molecule has 5 heteroatoms. The monoisotopic (exact) mass is 325 g/mol. The summed E-state index contributed by atoms with van der Waals surface area (Å²) < 4.78 is 16.3. The molecule has 0 aliphatic heterocycles. The van der Waals surface area contributed by atoms with Gasteiger partial charge in [0.05, 0.1) is 13.7 Å². The summed E-state index contributed by atoms with van der Waals surface area (Å²) in [4.78, 5) is 12.3. The van der Waals surface area contributed by atoms with Gasteiger partial charge in [-0.1, -0.05) is 18.2 Å². The number of ether oxygens (including phenoxy) is 2. The highest BCUT2D eigenvalue weighted by atomic mass is 16.5. The minimum absolute atomic E-state index is 0.234. The van der Waals surface area contributed by atoms with Gasteiger partial charge in [0.1, 0.15) is 23.7 Å². The number of carbonyl (C=O) groups is 1. The number of amides is 1. The molecule has 24 heavy (non-hydrogen) atoms. The summed E-state index contributed by atoms with van der Waals surface area (Å²) in [6, 6.07) is 14.9. The topological polar surface area (TPSA) is 60.7 Å². The van der Waals surface area contributed by atoms with Crippen molar-refractivity contribution in [2.24, 2.45) is 0 Å². The molecule has 0 saturated heterocycles. The van der Waals surface area contributed by atoms with Crippen LogP contribution in [0.15, 0.2) is 52.9 Å². The third-order valence-electron chi connectivity index (χ3n) is 3.77. The number of benzene rings is 2. The third kappa shape index (κ3) is 3.35. The zero-order valence-corrected chi connectivity index (χ0v) is 13.7. The van der Waals surface area contributed by atoms with Crippen molar-refractivity contribution in [3.05, 3.63) is 59.9 Å². The molecule has 3 aromatic rings. The molecular formula is C19H19NO4. The van der Waals surface area contributed by atoms with Crippen molar-refractivity contribution >= 4 is 16.9 Å². The number of fused-ring (bicyclic) bond motifs is 1. The fraction of sp³-hybridized carbons (Fsp3) is 0.211. The molecule has 0 aliphatic carbocycles. The molecular weight excluding hydrogens is 306 g/mol. The van der Waals surface area contributed by atoms with Crippen molar-refractivity contribution in [2.45, 2.75) is 6.92 Å². The van der Waals surface area contributed by atoms with E-state index in [0.29, 0.717) is 18.9 Å². The van der Waals surface area contributed by atoms with E-state index in [-0.39, 0.29) is 5.91 Å². The van der Waals surface area contributed by atoms with Crippen LogP contribution in [0.4, 0.5) is 0 Å². The minimum Gasteiger partial charge on any atom is -0.497 e. The normalized spacial score (nSPS) is 10.6. The molecule has 124 valence electrons. The highest BCUT2D eigenvalue weighted by Gasteiger charge is 2.16. The maximum Gasteiger partial charge on any atom is 0.287 e. The molecule has 0 saturated carbocycles. The van der Waals surface area contributed by atoms with Crippen molar-refractivity contribution in [1.82, 2.24) is 5.32 Å². The second-order valence-corrected chi connectivity index (χ2v) is 5.33. The van der Waals surface area contributed by atoms with E-state index < -0.39 is 0 Å². The summed E-state index contributed by atoms with van der Waals surface area (Å²) in [6.07, 6.45) is 0. The number of para-hydroxylation sites is 1. The van der Waals surface area contributed by atoms with Crippen LogP contribution < -0.4 is 14.8 Å². The Morgan fingerprint density at radius 3 is 2.50 bits per heavy atom. The van der Waals surface area contributed by atoms with Crippen LogP contribution in [0.1, 0.15) is 16.1 Å². The Balaban J connectivity index is 1.54. The Morgan fingerprint density at radius 1 is 1.08 bits per heavy atom. The fourth-order valence-corrected chi connectivity index (χ4v) is 2.48. The summed E-state index contributed by atoms with van der Waals surface area (Å²) in [7, 11) is 1.62. The number of rotatable bonds is 6. The van der Waals surface area contributed by atoms with Gasteiger partial charge in [-0.05, 0) is 37.3 Å². The number of hydrogen-bond donors (Lipinski definition) is 1. The van der Waals surface area contributed by atoms with Crippen LogP contribution in [0.3, 0.4) is 0 Å². The number of nitrogens with one attached hydrogen (secondary N) is 1. The lowest BCUT2D eigenvalue weighted by Crippen LogP contribution is -2.28. The van der Waals surface area contributed by atoms with E-state index in [2.05, 4.69) is 5.32 Å². The smallest absolute Gasteiger partial charge is 0.287 e. The Hall–Kier alpha value is -2.95. The molecule has 0 aliphatic rings. The minimum atomic E-state index is -0.234. The van der Waals surface area contributed by atoms with Crippen molar-refractivity contribution in [1.29, 1.82) is 0 Å². The number of carbonyl (C=O) groups excluding carboxylic acids is 1. The van der Waals surface area contributed by atoms with Gasteiger partial charge in [-0.15, -0.1) is 0 Å². The first-order valence-corrected chi connectivity index (χ1v) is 7.72. The van der Waals surface area contributed by atoms with Gasteiger partial charge in [-0.3, -0.25) is 4.79 Å². The zero-order valence-electron chi connectivity index (χ0n) is 13.7. The van der Waals surface area contributed by atoms with Crippen molar-refractivity contribution in [2.75, 3.05) is 20.3 Å². The number of aryl methyl sites for hydroxylation is 1. The van der Waals surface area contributed by atoms with Gasteiger partial charge in [0.25, 0.3) is 5.91 Å². The summed E-state index contributed by atoms with van der Waals surface area (Å²) in [5.41, 5.74) is 1.56. The van der Waals surface area contributed by atoms with E-state index in [0.717, 1.165) is 28.0 Å². The molecule has 0 fully saturated rings. The predicted molar refractivity (Wildman–Crippen MR) is 91.8 cm³/mol. The molecule has 1 N–H and O–H groups in total. The van der Waals surface area contributed by atoms with Crippen LogP contribution >= 0.6 is 0 Å². The largest absolute Gasteiger partial charge is 0.497 e. The molecule has 1 heterocycles. The number of hydrogen-bond acceptors (Lipinski definition) is 4. The third-order valence-corrected chi connectivity index (χ3v) is 3.77. The summed E-state index contributed by atoms with van der Waals surface area (Å²) in [5.74, 6) is 1.61. The van der Waals surface area contributed by atoms with Crippen LogP contribution in [0, 0.1) is 6.92 Å². The van der Waals surface area contributed by atoms with Gasteiger partial charge in [0, 0.05) is 10.9 Å². The van der Waals surface area contributed by atoms with Crippen LogP contribution in [-0.4, -0.2) is 26.2 Å². The first-order valence-electron chi connectivity index (χ1n) is 7.72. The fourth-order valence-electron chi connectivity index (χ4n) is 2.48. The first-order chi connectivity index (χ1) is 11.7. The van der Waals surface area contributed by atoms with Gasteiger partial charge in [-0.25, -0.2) is 0 Å². The van der Waals surface area contributed by atoms with E-state index in [4.69, 9.17) is 13.9 Å². The van der Waals surface area contributed by atoms with Crippen LogP contribution in [0.25, 0.3) is 11.0 Å². The maximum absolute atomic E-state index is 12.3. The Kier molecular flexibility index (Phi) is 4.70. The molecule has 1 amide bonds. The average Bonchev–Trinajstić information content (AvgIpc) is 2.96. The molecule has 0 radical (unpaired) electrons. The molecule has 0 atom stereocenters. The first kappa shape index (κ1) is 15.9. The van der Waals surface area contributed by atoms with Crippen LogP contribution in [0.5, 0.6) is 11.5 Å². The summed E-state index contributed by atoms with van der Waals surface area (Å²) >= 11 is 0. The number of methoxy groups -OCH3 is 1. The lowest BCUT2D eigenvalue weighted by atomic mass is 10.1. The molecule has 0 bridgehead atoms. The second kappa shape index (κ2) is 7.08. The molecule has 5 nitrogen and oxygen atoms in total. The van der Waals surface area contributed by atoms with Gasteiger partial charge >= 0.3 is 0 Å². The SMILES string of the molecule is COc1ccc(OCCNC(=O)c2oc3ccccc3c2C)cc1. The summed E-state index contributed by atoms with van der Waals surface area (Å²) in [5, 5.41) is 3.77. The van der Waals surface area contributed by atoms with Crippen LogP contribution in [-0.2, 0) is 0 Å². The van der Waals surface area contributed by atoms with E-state index in [1.165, 1.54) is 0 Å². The molecule has 3 rings (SSSR count). The zero-order chi connectivity index (χ0) is 16.9. The molecule has 0 spiro atoms. The van der Waals surface area contributed by atoms with Gasteiger partial charge < -0.3 is 19.2 Å². The molecule has 2 aromatic carbocycles. The van der Waals surface area contributed by atoms with Crippen molar-refractivity contribution in [3.63, 3.8) is 0 Å². The highest BCUT2D eigenvalue weighted by molar-refractivity contribution is 5.98. The van der Waals surface area contributed by atoms with Crippen molar-refractivity contribution in [3.8, 4) is 11.5 Å².